The topological polar surface area (TPSA) is 29.5 Å². The summed E-state index contributed by atoms with van der Waals surface area (Å²) >= 11 is 0. The lowest BCUT2D eigenvalue weighted by Crippen LogP contribution is -2.14. The summed E-state index contributed by atoms with van der Waals surface area (Å²) in [5, 5.41) is 9.80. The van der Waals surface area contributed by atoms with E-state index in [4.69, 9.17) is 4.74 Å². The van der Waals surface area contributed by atoms with Gasteiger partial charge in [0.2, 0.25) is 0 Å². The van der Waals surface area contributed by atoms with Crippen LogP contribution in [0, 0.1) is 13.8 Å². The van der Waals surface area contributed by atoms with Crippen molar-refractivity contribution >= 4 is 0 Å². The lowest BCUT2D eigenvalue weighted by Gasteiger charge is -2.14. The van der Waals surface area contributed by atoms with Crippen LogP contribution in [0.25, 0.3) is 0 Å². The Morgan fingerprint density at radius 1 is 1.27 bits per heavy atom. The number of aliphatic hydroxyl groups excluding tert-OH is 1. The molecule has 0 bridgehead atoms. The molecule has 0 aliphatic carbocycles. The Morgan fingerprint density at radius 2 is 1.87 bits per heavy atom. The van der Waals surface area contributed by atoms with E-state index in [0.717, 1.165) is 6.42 Å². The largest absolute Gasteiger partial charge is 0.393 e. The van der Waals surface area contributed by atoms with E-state index in [2.05, 4.69) is 32.0 Å². The first-order chi connectivity index (χ1) is 7.15. The number of methoxy groups -OCH3 is 1. The maximum atomic E-state index is 9.80. The number of rotatable bonds is 5. The van der Waals surface area contributed by atoms with E-state index in [-0.39, 0.29) is 6.10 Å². The number of ether oxygens (including phenoxy) is 1. The van der Waals surface area contributed by atoms with E-state index >= 15 is 0 Å². The van der Waals surface area contributed by atoms with Crippen LogP contribution in [0.15, 0.2) is 18.2 Å². The average Bonchev–Trinajstić information content (AvgIpc) is 2.21. The van der Waals surface area contributed by atoms with Gasteiger partial charge in [0.15, 0.2) is 0 Å². The molecule has 1 atom stereocenters. The van der Waals surface area contributed by atoms with Crippen LogP contribution in [0.1, 0.15) is 23.1 Å². The molecule has 0 aliphatic heterocycles. The Labute approximate surface area is 91.9 Å². The van der Waals surface area contributed by atoms with Crippen LogP contribution in [-0.2, 0) is 11.2 Å². The molecular weight excluding hydrogens is 188 g/mol. The predicted octanol–water partition coefficient (Wildman–Crippen LogP) is 2.24. The van der Waals surface area contributed by atoms with Crippen LogP contribution in [-0.4, -0.2) is 24.9 Å². The van der Waals surface area contributed by atoms with Gasteiger partial charge in [-0.1, -0.05) is 18.2 Å². The van der Waals surface area contributed by atoms with Gasteiger partial charge in [0.1, 0.15) is 0 Å². The minimum absolute atomic E-state index is 0.301. The molecule has 1 aromatic rings. The van der Waals surface area contributed by atoms with Crippen molar-refractivity contribution < 1.29 is 9.84 Å². The van der Waals surface area contributed by atoms with E-state index < -0.39 is 0 Å². The molecule has 1 aromatic carbocycles. The number of hydrogen-bond donors (Lipinski definition) is 1. The minimum Gasteiger partial charge on any atom is -0.393 e. The molecule has 0 radical (unpaired) electrons. The molecule has 1 unspecified atom stereocenters. The second-order valence-electron chi connectivity index (χ2n) is 4.01. The van der Waals surface area contributed by atoms with Crippen molar-refractivity contribution in [2.45, 2.75) is 32.8 Å². The van der Waals surface area contributed by atoms with Crippen LogP contribution in [0.5, 0.6) is 0 Å². The van der Waals surface area contributed by atoms with Crippen molar-refractivity contribution in [3.05, 3.63) is 34.9 Å². The first kappa shape index (κ1) is 12.2. The monoisotopic (exact) mass is 208 g/mol. The second kappa shape index (κ2) is 5.89. The zero-order valence-corrected chi connectivity index (χ0v) is 9.79. The van der Waals surface area contributed by atoms with Gasteiger partial charge in [0.05, 0.1) is 6.10 Å². The van der Waals surface area contributed by atoms with Crippen molar-refractivity contribution in [1.29, 1.82) is 0 Å². The lowest BCUT2D eigenvalue weighted by atomic mass is 9.96. The Bertz CT molecular complexity index is 287. The molecule has 1 N–H and O–H groups in total. The summed E-state index contributed by atoms with van der Waals surface area (Å²) in [5.74, 6) is 0. The molecule has 0 saturated heterocycles. The van der Waals surface area contributed by atoms with Gasteiger partial charge in [-0.05, 0) is 43.4 Å². The normalized spacial score (nSPS) is 12.8. The summed E-state index contributed by atoms with van der Waals surface area (Å²) < 4.78 is 4.95. The lowest BCUT2D eigenvalue weighted by molar-refractivity contribution is 0.110. The van der Waals surface area contributed by atoms with Gasteiger partial charge in [0, 0.05) is 13.7 Å². The highest BCUT2D eigenvalue weighted by Crippen LogP contribution is 2.16. The molecule has 2 nitrogen and oxygen atoms in total. The maximum absolute atomic E-state index is 9.80. The predicted molar refractivity (Wildman–Crippen MR) is 62.1 cm³/mol. The fourth-order valence-electron chi connectivity index (χ4n) is 1.76. The zero-order valence-electron chi connectivity index (χ0n) is 9.79. The van der Waals surface area contributed by atoms with Gasteiger partial charge in [-0.15, -0.1) is 0 Å². The molecule has 15 heavy (non-hydrogen) atoms. The van der Waals surface area contributed by atoms with Gasteiger partial charge in [-0.2, -0.15) is 0 Å². The van der Waals surface area contributed by atoms with Gasteiger partial charge in [-0.3, -0.25) is 0 Å². The summed E-state index contributed by atoms with van der Waals surface area (Å²) in [4.78, 5) is 0. The zero-order chi connectivity index (χ0) is 11.3. The van der Waals surface area contributed by atoms with Gasteiger partial charge in [-0.25, -0.2) is 0 Å². The van der Waals surface area contributed by atoms with Gasteiger partial charge in [0.25, 0.3) is 0 Å². The van der Waals surface area contributed by atoms with Crippen molar-refractivity contribution in [2.24, 2.45) is 0 Å². The summed E-state index contributed by atoms with van der Waals surface area (Å²) in [7, 11) is 1.66. The highest BCUT2D eigenvalue weighted by atomic mass is 16.5. The third-order valence-electron chi connectivity index (χ3n) is 2.74. The van der Waals surface area contributed by atoms with Crippen LogP contribution in [0.2, 0.25) is 0 Å². The van der Waals surface area contributed by atoms with Crippen LogP contribution >= 0.6 is 0 Å². The quantitative estimate of drug-likeness (QED) is 0.804. The molecule has 0 aliphatic rings. The van der Waals surface area contributed by atoms with Crippen molar-refractivity contribution in [2.75, 3.05) is 13.7 Å². The average molecular weight is 208 g/mol. The Kier molecular flexibility index (Phi) is 4.79. The molecule has 0 amide bonds. The Morgan fingerprint density at radius 3 is 2.40 bits per heavy atom. The summed E-state index contributed by atoms with van der Waals surface area (Å²) in [6, 6.07) is 6.23. The standard InChI is InChI=1S/C13H20O2/c1-10-5-4-6-11(2)13(10)9-12(14)7-8-15-3/h4-6,12,14H,7-9H2,1-3H3. The first-order valence-electron chi connectivity index (χ1n) is 5.37. The van der Waals surface area contributed by atoms with E-state index in [0.29, 0.717) is 13.0 Å². The molecule has 0 fully saturated rings. The summed E-state index contributed by atoms with van der Waals surface area (Å²) in [6.45, 7) is 4.79. The van der Waals surface area contributed by atoms with Crippen LogP contribution < -0.4 is 0 Å². The molecule has 0 heterocycles. The molecule has 1 rings (SSSR count). The number of aryl methyl sites for hydroxylation is 2. The van der Waals surface area contributed by atoms with Crippen molar-refractivity contribution in [3.63, 3.8) is 0 Å². The molecule has 0 saturated carbocycles. The molecule has 2 heteroatoms. The number of aliphatic hydroxyl groups is 1. The SMILES string of the molecule is COCCC(O)Cc1c(C)cccc1C. The number of hydrogen-bond acceptors (Lipinski definition) is 2. The fraction of sp³-hybridized carbons (Fsp3) is 0.538. The van der Waals surface area contributed by atoms with E-state index in [9.17, 15) is 5.11 Å². The number of benzene rings is 1. The molecular formula is C13H20O2. The Hall–Kier alpha value is -0.860. The smallest absolute Gasteiger partial charge is 0.0602 e. The van der Waals surface area contributed by atoms with Gasteiger partial charge >= 0.3 is 0 Å². The Balaban J connectivity index is 2.63. The third kappa shape index (κ3) is 3.65. The summed E-state index contributed by atoms with van der Waals surface area (Å²) in [6.07, 6.45) is 1.12. The van der Waals surface area contributed by atoms with Crippen molar-refractivity contribution in [3.8, 4) is 0 Å². The molecule has 0 aromatic heterocycles. The highest BCUT2D eigenvalue weighted by Gasteiger charge is 2.09. The second-order valence-corrected chi connectivity index (χ2v) is 4.01. The highest BCUT2D eigenvalue weighted by molar-refractivity contribution is 5.33. The minimum atomic E-state index is -0.301. The first-order valence-corrected chi connectivity index (χ1v) is 5.37. The molecule has 0 spiro atoms. The third-order valence-corrected chi connectivity index (χ3v) is 2.74. The van der Waals surface area contributed by atoms with E-state index in [1.165, 1.54) is 16.7 Å². The molecule has 84 valence electrons. The van der Waals surface area contributed by atoms with Gasteiger partial charge < -0.3 is 9.84 Å². The summed E-state index contributed by atoms with van der Waals surface area (Å²) in [5.41, 5.74) is 3.78. The van der Waals surface area contributed by atoms with E-state index in [1.807, 2.05) is 0 Å². The van der Waals surface area contributed by atoms with Crippen molar-refractivity contribution in [1.82, 2.24) is 0 Å². The maximum Gasteiger partial charge on any atom is 0.0602 e. The van der Waals surface area contributed by atoms with Crippen LogP contribution in [0.4, 0.5) is 0 Å². The van der Waals surface area contributed by atoms with E-state index in [1.54, 1.807) is 7.11 Å². The van der Waals surface area contributed by atoms with Crippen LogP contribution in [0.3, 0.4) is 0 Å². The fourth-order valence-corrected chi connectivity index (χ4v) is 1.76.